The molecule has 2 aromatic heterocycles. The molecule has 34 heavy (non-hydrogen) atoms. The van der Waals surface area contributed by atoms with Gasteiger partial charge in [-0.1, -0.05) is 11.6 Å². The Bertz CT molecular complexity index is 1290. The Morgan fingerprint density at radius 3 is 2.59 bits per heavy atom. The number of alkyl halides is 3. The van der Waals surface area contributed by atoms with Crippen molar-refractivity contribution in [2.24, 2.45) is 7.05 Å². The number of aromatic nitrogens is 2. The molecule has 0 spiro atoms. The van der Waals surface area contributed by atoms with Crippen molar-refractivity contribution < 1.29 is 22.7 Å². The van der Waals surface area contributed by atoms with Crippen LogP contribution in [-0.2, 0) is 18.0 Å². The van der Waals surface area contributed by atoms with Gasteiger partial charge in [0.15, 0.2) is 0 Å². The average molecular weight is 493 g/mol. The molecule has 4 rings (SSSR count). The van der Waals surface area contributed by atoms with E-state index in [-0.39, 0.29) is 11.1 Å². The number of hydrogen-bond donors (Lipinski definition) is 1. The number of anilines is 2. The minimum Gasteiger partial charge on any atom is -0.378 e. The first-order valence-electron chi connectivity index (χ1n) is 10.3. The van der Waals surface area contributed by atoms with Crippen molar-refractivity contribution in [3.05, 3.63) is 75.4 Å². The molecule has 1 aromatic carbocycles. The molecule has 1 aliphatic rings. The topological polar surface area (TPSA) is 76.5 Å². The van der Waals surface area contributed by atoms with E-state index in [1.807, 2.05) is 4.90 Å². The second-order valence-corrected chi connectivity index (χ2v) is 8.11. The number of pyridine rings is 2. The van der Waals surface area contributed by atoms with Gasteiger partial charge in [-0.2, -0.15) is 13.2 Å². The molecule has 1 amide bonds. The number of nitrogens with zero attached hydrogens (tertiary/aromatic N) is 3. The van der Waals surface area contributed by atoms with E-state index in [1.54, 1.807) is 37.5 Å². The number of aryl methyl sites for hydroxylation is 1. The molecular formula is C23H20ClF3N4O3. The largest absolute Gasteiger partial charge is 0.433 e. The smallest absolute Gasteiger partial charge is 0.378 e. The number of halogens is 4. The number of carbonyl (C=O) groups excluding carboxylic acids is 1. The van der Waals surface area contributed by atoms with E-state index in [0.717, 1.165) is 6.20 Å². The van der Waals surface area contributed by atoms with E-state index in [2.05, 4.69) is 10.3 Å². The summed E-state index contributed by atoms with van der Waals surface area (Å²) in [5.41, 5.74) is 0.530. The predicted molar refractivity (Wildman–Crippen MR) is 122 cm³/mol. The Balaban J connectivity index is 1.65. The van der Waals surface area contributed by atoms with Crippen LogP contribution in [0.3, 0.4) is 0 Å². The van der Waals surface area contributed by atoms with E-state index in [4.69, 9.17) is 16.3 Å². The number of amides is 1. The van der Waals surface area contributed by atoms with E-state index < -0.39 is 17.8 Å². The standard InChI is InChI=1S/C23H20ClF3N4O3/c1-30-13-15(10-19(22(30)33)31-6-8-34-9-7-31)17-12-16(2-3-18(17)24)29-21(32)14-4-5-28-20(11-14)23(25,26)27/h2-5,10-13H,6-9H2,1H3,(H,29,32). The quantitative estimate of drug-likeness (QED) is 0.590. The summed E-state index contributed by atoms with van der Waals surface area (Å²) in [4.78, 5) is 30.5. The molecule has 1 N–H and O–H groups in total. The second-order valence-electron chi connectivity index (χ2n) is 7.71. The van der Waals surface area contributed by atoms with E-state index in [0.29, 0.717) is 59.9 Å². The first-order chi connectivity index (χ1) is 16.1. The summed E-state index contributed by atoms with van der Waals surface area (Å²) in [7, 11) is 1.64. The second kappa shape index (κ2) is 9.47. The van der Waals surface area contributed by atoms with E-state index in [9.17, 15) is 22.8 Å². The fraction of sp³-hybridized carbons (Fsp3) is 0.261. The SMILES string of the molecule is Cn1cc(-c2cc(NC(=O)c3ccnc(C(F)(F)F)c3)ccc2Cl)cc(N2CCOCC2)c1=O. The molecule has 0 bridgehead atoms. The number of hydrogen-bond acceptors (Lipinski definition) is 5. The number of ether oxygens (including phenoxy) is 1. The van der Waals surface area contributed by atoms with Crippen molar-refractivity contribution in [3.63, 3.8) is 0 Å². The lowest BCUT2D eigenvalue weighted by Gasteiger charge is -2.28. The van der Waals surface area contributed by atoms with Crippen LogP contribution in [0.4, 0.5) is 24.5 Å². The highest BCUT2D eigenvalue weighted by molar-refractivity contribution is 6.33. The number of rotatable bonds is 4. The minimum atomic E-state index is -4.66. The van der Waals surface area contributed by atoms with Crippen LogP contribution in [0, 0.1) is 0 Å². The van der Waals surface area contributed by atoms with Gasteiger partial charge in [0.2, 0.25) is 0 Å². The summed E-state index contributed by atoms with van der Waals surface area (Å²) in [6, 6.07) is 8.34. The Labute approximate surface area is 197 Å². The van der Waals surface area contributed by atoms with Crippen LogP contribution in [0.1, 0.15) is 16.1 Å². The number of nitrogens with one attached hydrogen (secondary N) is 1. The molecule has 0 radical (unpaired) electrons. The molecule has 0 saturated carbocycles. The first kappa shape index (κ1) is 23.8. The highest BCUT2D eigenvalue weighted by atomic mass is 35.5. The zero-order valence-corrected chi connectivity index (χ0v) is 18.8. The van der Waals surface area contributed by atoms with Crippen LogP contribution in [0.2, 0.25) is 5.02 Å². The van der Waals surface area contributed by atoms with Crippen LogP contribution in [0.5, 0.6) is 0 Å². The molecular weight excluding hydrogens is 473 g/mol. The number of benzene rings is 1. The van der Waals surface area contributed by atoms with Gasteiger partial charge < -0.3 is 19.5 Å². The van der Waals surface area contributed by atoms with Gasteiger partial charge in [0, 0.05) is 59.9 Å². The Morgan fingerprint density at radius 1 is 1.15 bits per heavy atom. The van der Waals surface area contributed by atoms with Crippen molar-refractivity contribution in [1.29, 1.82) is 0 Å². The summed E-state index contributed by atoms with van der Waals surface area (Å²) in [5, 5.41) is 2.97. The predicted octanol–water partition coefficient (Wildman–Crippen LogP) is 4.21. The zero-order valence-electron chi connectivity index (χ0n) is 18.0. The molecule has 7 nitrogen and oxygen atoms in total. The summed E-state index contributed by atoms with van der Waals surface area (Å²) < 4.78 is 45.6. The highest BCUT2D eigenvalue weighted by Crippen LogP contribution is 2.32. The van der Waals surface area contributed by atoms with Gasteiger partial charge in [0.05, 0.1) is 13.2 Å². The van der Waals surface area contributed by atoms with Crippen molar-refractivity contribution >= 4 is 28.9 Å². The lowest BCUT2D eigenvalue weighted by atomic mass is 10.1. The maximum atomic E-state index is 12.9. The Morgan fingerprint density at radius 2 is 1.88 bits per heavy atom. The third-order valence-corrected chi connectivity index (χ3v) is 5.69. The van der Waals surface area contributed by atoms with Crippen LogP contribution in [0.15, 0.2) is 53.6 Å². The van der Waals surface area contributed by atoms with Crippen molar-refractivity contribution in [3.8, 4) is 11.1 Å². The normalized spacial score (nSPS) is 14.2. The molecule has 0 atom stereocenters. The van der Waals surface area contributed by atoms with Gasteiger partial charge in [0.25, 0.3) is 11.5 Å². The molecule has 1 fully saturated rings. The fourth-order valence-electron chi connectivity index (χ4n) is 3.63. The fourth-order valence-corrected chi connectivity index (χ4v) is 3.85. The van der Waals surface area contributed by atoms with Crippen molar-refractivity contribution in [2.75, 3.05) is 36.5 Å². The van der Waals surface area contributed by atoms with E-state index in [1.165, 1.54) is 10.6 Å². The van der Waals surface area contributed by atoms with Crippen molar-refractivity contribution in [2.45, 2.75) is 6.18 Å². The maximum absolute atomic E-state index is 12.9. The van der Waals surface area contributed by atoms with Crippen LogP contribution < -0.4 is 15.8 Å². The lowest BCUT2D eigenvalue weighted by Crippen LogP contribution is -2.40. The van der Waals surface area contributed by atoms with Gasteiger partial charge in [-0.05, 0) is 36.4 Å². The van der Waals surface area contributed by atoms with Gasteiger partial charge in [-0.25, -0.2) is 0 Å². The minimum absolute atomic E-state index is 0.163. The summed E-state index contributed by atoms with van der Waals surface area (Å²) in [6.45, 7) is 2.18. The molecule has 3 heterocycles. The van der Waals surface area contributed by atoms with Crippen molar-refractivity contribution in [1.82, 2.24) is 9.55 Å². The molecule has 0 aliphatic carbocycles. The maximum Gasteiger partial charge on any atom is 0.433 e. The van der Waals surface area contributed by atoms with Crippen LogP contribution >= 0.6 is 11.6 Å². The summed E-state index contributed by atoms with van der Waals surface area (Å²) >= 11 is 6.42. The highest BCUT2D eigenvalue weighted by Gasteiger charge is 2.33. The van der Waals surface area contributed by atoms with E-state index >= 15 is 0 Å². The van der Waals surface area contributed by atoms with Gasteiger partial charge in [0.1, 0.15) is 11.4 Å². The molecule has 1 saturated heterocycles. The Hall–Kier alpha value is -3.37. The third kappa shape index (κ3) is 5.07. The Kier molecular flexibility index (Phi) is 6.63. The van der Waals surface area contributed by atoms with Gasteiger partial charge in [-0.15, -0.1) is 0 Å². The van der Waals surface area contributed by atoms with Gasteiger partial charge >= 0.3 is 6.18 Å². The molecule has 1 aliphatic heterocycles. The average Bonchev–Trinajstić information content (AvgIpc) is 2.82. The van der Waals surface area contributed by atoms with Crippen LogP contribution in [-0.4, -0.2) is 41.8 Å². The monoisotopic (exact) mass is 492 g/mol. The third-order valence-electron chi connectivity index (χ3n) is 5.36. The lowest BCUT2D eigenvalue weighted by molar-refractivity contribution is -0.141. The number of carbonyl (C=O) groups is 1. The molecule has 0 unspecified atom stereocenters. The first-order valence-corrected chi connectivity index (χ1v) is 10.7. The molecule has 11 heteroatoms. The molecule has 3 aromatic rings. The zero-order chi connectivity index (χ0) is 24.5. The summed E-state index contributed by atoms with van der Waals surface area (Å²) in [5.74, 6) is -0.726. The summed E-state index contributed by atoms with van der Waals surface area (Å²) in [6.07, 6.45) is -2.09. The molecule has 178 valence electrons. The number of morpholine rings is 1. The van der Waals surface area contributed by atoms with Gasteiger partial charge in [-0.3, -0.25) is 14.6 Å². The van der Waals surface area contributed by atoms with Crippen LogP contribution in [0.25, 0.3) is 11.1 Å².